The highest BCUT2D eigenvalue weighted by atomic mass is 16.7. The van der Waals surface area contributed by atoms with Gasteiger partial charge in [-0.2, -0.15) is 0 Å². The van der Waals surface area contributed by atoms with Crippen molar-refractivity contribution in [3.63, 3.8) is 0 Å². The van der Waals surface area contributed by atoms with Crippen LogP contribution in [0.25, 0.3) is 0 Å². The Morgan fingerprint density at radius 1 is 1.05 bits per heavy atom. The lowest BCUT2D eigenvalue weighted by Crippen LogP contribution is -2.56. The summed E-state index contributed by atoms with van der Waals surface area (Å²) in [6.45, 7) is 11.6. The van der Waals surface area contributed by atoms with Gasteiger partial charge >= 0.3 is 6.16 Å². The van der Waals surface area contributed by atoms with E-state index in [1.165, 1.54) is 0 Å². The van der Waals surface area contributed by atoms with E-state index in [0.717, 1.165) is 22.6 Å². The largest absolute Gasteiger partial charge is 0.508 e. The Bertz CT molecular complexity index is 1020. The van der Waals surface area contributed by atoms with Crippen LogP contribution in [0.15, 0.2) is 24.3 Å². The number of nitrogens with zero attached hydrogens (tertiary/aromatic N) is 2. The molecule has 37 heavy (non-hydrogen) atoms. The number of hydrogen-bond acceptors (Lipinski definition) is 9. The molecule has 1 aliphatic rings. The topological polar surface area (TPSA) is 132 Å². The van der Waals surface area contributed by atoms with Crippen LogP contribution in [0.4, 0.5) is 4.79 Å². The van der Waals surface area contributed by atoms with Crippen LogP contribution in [0.1, 0.15) is 63.9 Å². The van der Waals surface area contributed by atoms with E-state index in [1.807, 2.05) is 63.6 Å². The first kappa shape index (κ1) is 28.7. The molecule has 5 atom stereocenters. The molecule has 2 aromatic rings. The molecule has 1 aromatic carbocycles. The van der Waals surface area contributed by atoms with Crippen molar-refractivity contribution in [1.82, 2.24) is 9.78 Å². The second-order valence-corrected chi connectivity index (χ2v) is 10.0. The maximum atomic E-state index is 11.6. The van der Waals surface area contributed by atoms with E-state index in [9.17, 15) is 20.1 Å². The third-order valence-electron chi connectivity index (χ3n) is 6.44. The Kier molecular flexibility index (Phi) is 9.80. The van der Waals surface area contributed by atoms with Gasteiger partial charge in [0.15, 0.2) is 0 Å². The molecule has 0 saturated heterocycles. The molecule has 206 valence electrons. The van der Waals surface area contributed by atoms with Crippen molar-refractivity contribution < 1.29 is 39.1 Å². The molecule has 3 rings (SSSR count). The minimum absolute atomic E-state index is 0.0762. The fourth-order valence-corrected chi connectivity index (χ4v) is 4.53. The van der Waals surface area contributed by atoms with Crippen molar-refractivity contribution in [3.05, 3.63) is 41.1 Å². The highest BCUT2D eigenvalue weighted by Crippen LogP contribution is 2.33. The van der Waals surface area contributed by atoms with E-state index in [2.05, 4.69) is 5.10 Å². The van der Waals surface area contributed by atoms with E-state index in [1.54, 1.807) is 6.92 Å². The Hall–Kier alpha value is -2.82. The molecule has 1 aliphatic carbocycles. The fraction of sp³-hybridized carbons (Fsp3) is 0.630. The Balaban J connectivity index is 1.82. The summed E-state index contributed by atoms with van der Waals surface area (Å²) in [5.41, 5.74) is 2.83. The van der Waals surface area contributed by atoms with Gasteiger partial charge in [0.05, 0.1) is 18.8 Å². The average Bonchev–Trinajstić information content (AvgIpc) is 3.14. The Labute approximate surface area is 218 Å². The van der Waals surface area contributed by atoms with Crippen molar-refractivity contribution in [2.45, 2.75) is 90.9 Å². The molecule has 0 spiro atoms. The second kappa shape index (κ2) is 12.6. The van der Waals surface area contributed by atoms with Gasteiger partial charge in [-0.25, -0.2) is 4.79 Å². The Morgan fingerprint density at radius 3 is 2.32 bits per heavy atom. The molecule has 0 amide bonds. The van der Waals surface area contributed by atoms with Crippen molar-refractivity contribution in [2.24, 2.45) is 5.92 Å². The highest BCUT2D eigenvalue weighted by Gasteiger charge is 2.45. The summed E-state index contributed by atoms with van der Waals surface area (Å²) in [7, 11) is 0. The SMILES string of the molecule is CCOC(=O)OC[C@H]1C[C@@H](Oc2nn(C(C)C)c(C)c2Cc2ccc(OC(C)C)cc2)[C@H](O)[C@@H](O)[C@@H]1O. The van der Waals surface area contributed by atoms with Gasteiger partial charge in [-0.1, -0.05) is 12.1 Å². The van der Waals surface area contributed by atoms with Gasteiger partial charge in [0.2, 0.25) is 5.88 Å². The normalized spacial score (nSPS) is 23.8. The van der Waals surface area contributed by atoms with Crippen LogP contribution in [0, 0.1) is 12.8 Å². The van der Waals surface area contributed by atoms with Crippen LogP contribution in [0.5, 0.6) is 11.6 Å². The second-order valence-electron chi connectivity index (χ2n) is 10.0. The zero-order valence-electron chi connectivity index (χ0n) is 22.5. The van der Waals surface area contributed by atoms with Crippen LogP contribution >= 0.6 is 0 Å². The summed E-state index contributed by atoms with van der Waals surface area (Å²) < 4.78 is 23.7. The number of hydrogen-bond donors (Lipinski definition) is 3. The van der Waals surface area contributed by atoms with Crippen molar-refractivity contribution in [3.8, 4) is 11.6 Å². The minimum Gasteiger partial charge on any atom is -0.491 e. The zero-order valence-corrected chi connectivity index (χ0v) is 22.5. The number of rotatable bonds is 10. The maximum Gasteiger partial charge on any atom is 0.508 e. The first-order valence-corrected chi connectivity index (χ1v) is 12.9. The summed E-state index contributed by atoms with van der Waals surface area (Å²) >= 11 is 0. The van der Waals surface area contributed by atoms with Gasteiger partial charge in [-0.05, 0) is 65.7 Å². The summed E-state index contributed by atoms with van der Waals surface area (Å²) in [6, 6.07) is 7.91. The average molecular weight is 521 g/mol. The molecule has 10 heteroatoms. The van der Waals surface area contributed by atoms with Gasteiger partial charge in [-0.3, -0.25) is 4.68 Å². The number of carbonyl (C=O) groups excluding carboxylic acids is 1. The molecule has 1 fully saturated rings. The first-order chi connectivity index (χ1) is 17.5. The molecule has 0 bridgehead atoms. The molecule has 0 aliphatic heterocycles. The van der Waals surface area contributed by atoms with E-state index in [-0.39, 0.29) is 31.8 Å². The standard InChI is InChI=1S/C27H40N2O8/c1-7-34-27(33)35-14-19-13-22(24(31)25(32)23(19)30)37-26-21(17(6)29(28-26)15(2)3)12-18-8-10-20(11-9-18)36-16(4)5/h8-11,15-16,19,22-25,30-32H,7,12-14H2,1-6H3/t19-,22-,23-,24+,25+/m1/s1. The lowest BCUT2D eigenvalue weighted by Gasteiger charge is -2.39. The third-order valence-corrected chi connectivity index (χ3v) is 6.44. The van der Waals surface area contributed by atoms with Gasteiger partial charge in [0.25, 0.3) is 0 Å². The number of carbonyl (C=O) groups is 1. The number of ether oxygens (including phenoxy) is 4. The van der Waals surface area contributed by atoms with Gasteiger partial charge in [0, 0.05) is 29.6 Å². The predicted octanol–water partition coefficient (Wildman–Crippen LogP) is 3.17. The molecule has 1 heterocycles. The molecule has 0 radical (unpaired) electrons. The smallest absolute Gasteiger partial charge is 0.491 e. The molecule has 1 saturated carbocycles. The number of aromatic nitrogens is 2. The van der Waals surface area contributed by atoms with Crippen molar-refractivity contribution in [2.75, 3.05) is 13.2 Å². The quantitative estimate of drug-likeness (QED) is 0.404. The number of aliphatic hydroxyl groups is 3. The minimum atomic E-state index is -1.47. The van der Waals surface area contributed by atoms with Crippen LogP contribution in [0.2, 0.25) is 0 Å². The van der Waals surface area contributed by atoms with Crippen LogP contribution in [-0.2, 0) is 15.9 Å². The molecule has 10 nitrogen and oxygen atoms in total. The van der Waals surface area contributed by atoms with Gasteiger partial charge in [-0.15, -0.1) is 5.10 Å². The summed E-state index contributed by atoms with van der Waals surface area (Å²) in [5.74, 6) is 0.489. The van der Waals surface area contributed by atoms with Crippen molar-refractivity contribution >= 4 is 6.16 Å². The summed E-state index contributed by atoms with van der Waals surface area (Å²) in [5, 5.41) is 36.3. The molecular weight excluding hydrogens is 480 g/mol. The molecular formula is C27H40N2O8. The lowest BCUT2D eigenvalue weighted by atomic mass is 9.81. The molecule has 3 N–H and O–H groups in total. The van der Waals surface area contributed by atoms with E-state index in [4.69, 9.17) is 18.9 Å². The van der Waals surface area contributed by atoms with E-state index < -0.39 is 36.5 Å². The van der Waals surface area contributed by atoms with Gasteiger partial charge in [0.1, 0.15) is 30.7 Å². The molecule has 1 aromatic heterocycles. The van der Waals surface area contributed by atoms with Crippen LogP contribution in [-0.4, -0.2) is 75.0 Å². The number of aliphatic hydroxyl groups excluding tert-OH is 3. The summed E-state index contributed by atoms with van der Waals surface area (Å²) in [4.78, 5) is 11.6. The van der Waals surface area contributed by atoms with E-state index in [0.29, 0.717) is 12.3 Å². The monoisotopic (exact) mass is 520 g/mol. The molecule has 0 unspecified atom stereocenters. The van der Waals surface area contributed by atoms with Crippen LogP contribution in [0.3, 0.4) is 0 Å². The van der Waals surface area contributed by atoms with Gasteiger partial charge < -0.3 is 34.3 Å². The Morgan fingerprint density at radius 2 is 1.73 bits per heavy atom. The third kappa shape index (κ3) is 7.15. The first-order valence-electron chi connectivity index (χ1n) is 12.9. The lowest BCUT2D eigenvalue weighted by molar-refractivity contribution is -0.159. The predicted molar refractivity (Wildman–Crippen MR) is 136 cm³/mol. The maximum absolute atomic E-state index is 11.6. The summed E-state index contributed by atoms with van der Waals surface area (Å²) in [6.07, 6.45) is -5.06. The zero-order chi connectivity index (χ0) is 27.3. The highest BCUT2D eigenvalue weighted by molar-refractivity contribution is 5.59. The fourth-order valence-electron chi connectivity index (χ4n) is 4.53. The number of benzene rings is 1. The van der Waals surface area contributed by atoms with E-state index >= 15 is 0 Å². The van der Waals surface area contributed by atoms with Crippen LogP contribution < -0.4 is 9.47 Å². The van der Waals surface area contributed by atoms with Crippen molar-refractivity contribution in [1.29, 1.82) is 0 Å².